The third-order valence-electron chi connectivity index (χ3n) is 18.1. The molecule has 2 aliphatic carbocycles. The highest BCUT2D eigenvalue weighted by Gasteiger charge is 2.52. The Morgan fingerprint density at radius 3 is 1.13 bits per heavy atom. The number of fused-ring (bicyclic) bond motifs is 12. The normalized spacial score (nSPS) is 13.8. The zero-order valence-electron chi connectivity index (χ0n) is 42.7. The third kappa shape index (κ3) is 5.63. The number of benzene rings is 15. The molecule has 0 radical (unpaired) electrons. The van der Waals surface area contributed by atoms with Crippen molar-refractivity contribution in [2.45, 2.75) is 10.8 Å². The number of rotatable bonds is 6. The molecule has 15 aromatic carbocycles. The highest BCUT2D eigenvalue weighted by atomic mass is 14.5. The minimum Gasteiger partial charge on any atom is -0.0622 e. The quantitative estimate of drug-likeness (QED) is 0.115. The summed E-state index contributed by atoms with van der Waals surface area (Å²) in [7, 11) is 0. The molecule has 0 saturated heterocycles. The first-order valence-corrected chi connectivity index (χ1v) is 27.4. The van der Waals surface area contributed by atoms with Crippen LogP contribution in [0.5, 0.6) is 0 Å². The Bertz CT molecular complexity index is 4810. The molecule has 360 valence electrons. The fourth-order valence-electron chi connectivity index (χ4n) is 15.2. The van der Waals surface area contributed by atoms with Gasteiger partial charge in [-0.1, -0.05) is 273 Å². The van der Waals surface area contributed by atoms with E-state index in [-0.39, 0.29) is 0 Å². The topological polar surface area (TPSA) is 0 Å². The van der Waals surface area contributed by atoms with Crippen molar-refractivity contribution in [3.05, 3.63) is 336 Å². The average molecular weight is 985 g/mol. The Hall–Kier alpha value is -9.88. The molecule has 78 heavy (non-hydrogen) atoms. The van der Waals surface area contributed by atoms with E-state index in [1.54, 1.807) is 0 Å². The lowest BCUT2D eigenvalue weighted by atomic mass is 9.66. The average Bonchev–Trinajstić information content (AvgIpc) is 2.92. The Morgan fingerprint density at radius 2 is 0.577 bits per heavy atom. The van der Waals surface area contributed by atoms with Crippen LogP contribution in [0.15, 0.2) is 291 Å². The molecule has 0 N–H and O–H groups in total. The summed E-state index contributed by atoms with van der Waals surface area (Å²) in [6.07, 6.45) is 0. The summed E-state index contributed by atoms with van der Waals surface area (Å²) < 4.78 is 0. The van der Waals surface area contributed by atoms with E-state index in [0.29, 0.717) is 0 Å². The van der Waals surface area contributed by atoms with Crippen LogP contribution in [0.25, 0.3) is 109 Å². The maximum Gasteiger partial charge on any atom is 0.0714 e. The maximum atomic E-state index is 2.67. The molecule has 0 aromatic heterocycles. The van der Waals surface area contributed by atoms with Gasteiger partial charge >= 0.3 is 0 Å². The van der Waals surface area contributed by atoms with Crippen LogP contribution in [-0.2, 0) is 10.8 Å². The van der Waals surface area contributed by atoms with Crippen LogP contribution < -0.4 is 0 Å². The fraction of sp³-hybridized carbons (Fsp3) is 0.0256. The molecule has 0 fully saturated rings. The highest BCUT2D eigenvalue weighted by molar-refractivity contribution is 6.30. The van der Waals surface area contributed by atoms with Crippen LogP contribution >= 0.6 is 0 Å². The van der Waals surface area contributed by atoms with Crippen molar-refractivity contribution < 1.29 is 0 Å². The molecule has 0 unspecified atom stereocenters. The van der Waals surface area contributed by atoms with E-state index in [0.717, 1.165) is 0 Å². The predicted octanol–water partition coefficient (Wildman–Crippen LogP) is 20.1. The second-order valence-corrected chi connectivity index (χ2v) is 21.7. The van der Waals surface area contributed by atoms with Crippen molar-refractivity contribution in [2.24, 2.45) is 0 Å². The van der Waals surface area contributed by atoms with Crippen LogP contribution in [0.3, 0.4) is 0 Å². The summed E-state index contributed by atoms with van der Waals surface area (Å²) in [6.45, 7) is 0. The first-order chi connectivity index (χ1) is 38.7. The van der Waals surface area contributed by atoms with E-state index in [9.17, 15) is 0 Å². The Labute approximate surface area is 453 Å². The van der Waals surface area contributed by atoms with Crippen molar-refractivity contribution in [3.8, 4) is 44.5 Å². The molecule has 0 heterocycles. The van der Waals surface area contributed by atoms with Gasteiger partial charge in [-0.15, -0.1) is 0 Å². The van der Waals surface area contributed by atoms with Gasteiger partial charge in [0, 0.05) is 0 Å². The fourth-order valence-corrected chi connectivity index (χ4v) is 15.2. The van der Waals surface area contributed by atoms with E-state index in [4.69, 9.17) is 0 Å². The van der Waals surface area contributed by atoms with Gasteiger partial charge in [0.1, 0.15) is 0 Å². The van der Waals surface area contributed by atoms with Crippen molar-refractivity contribution >= 4 is 64.6 Å². The predicted molar refractivity (Wildman–Crippen MR) is 328 cm³/mol. The number of hydrogen-bond donors (Lipinski definition) is 0. The van der Waals surface area contributed by atoms with Crippen LogP contribution in [0.2, 0.25) is 0 Å². The summed E-state index contributed by atoms with van der Waals surface area (Å²) in [5.74, 6) is 0. The van der Waals surface area contributed by atoms with E-state index in [1.165, 1.54) is 154 Å². The van der Waals surface area contributed by atoms with E-state index < -0.39 is 10.8 Å². The van der Waals surface area contributed by atoms with Crippen molar-refractivity contribution in [2.75, 3.05) is 0 Å². The molecule has 0 aliphatic heterocycles. The van der Waals surface area contributed by atoms with Gasteiger partial charge in [0.25, 0.3) is 0 Å². The second-order valence-electron chi connectivity index (χ2n) is 21.7. The molecular weight excluding hydrogens is 937 g/mol. The van der Waals surface area contributed by atoms with E-state index >= 15 is 0 Å². The van der Waals surface area contributed by atoms with Crippen LogP contribution in [0.4, 0.5) is 0 Å². The molecule has 0 saturated carbocycles. The van der Waals surface area contributed by atoms with Gasteiger partial charge in [0.05, 0.1) is 10.8 Å². The highest BCUT2D eigenvalue weighted by Crippen LogP contribution is 2.65. The van der Waals surface area contributed by atoms with Gasteiger partial charge in [-0.05, 0) is 172 Å². The van der Waals surface area contributed by atoms with Crippen LogP contribution in [0.1, 0.15) is 44.5 Å². The summed E-state index contributed by atoms with van der Waals surface area (Å²) in [6, 6.07) is 111. The number of hydrogen-bond acceptors (Lipinski definition) is 0. The zero-order chi connectivity index (χ0) is 51.1. The standard InChI is InChI=1S/C78H48/c1-7-22-49(23-8-1)71-58-36-19-20-37-59(58)72(50-24-9-2-10-25-50)76-61-44-45-66-74(60(61)42-43-62(71)76)64-47-68-65(48-67(64)77(66,54-28-11-3-12-29-54)55-30-13-4-14-31-55)75-63-41-40-52-27-21-26-51-38-39-53(73(63)70(51)52)46-69(75)78(68,56-32-15-5-16-33-56)57-34-17-6-18-35-57/h1-48H. The smallest absolute Gasteiger partial charge is 0.0622 e. The Morgan fingerprint density at radius 1 is 0.192 bits per heavy atom. The molecule has 15 aromatic rings. The Balaban J connectivity index is 1.09. The molecule has 2 aliphatic rings. The van der Waals surface area contributed by atoms with Crippen molar-refractivity contribution in [1.82, 2.24) is 0 Å². The lowest BCUT2D eigenvalue weighted by Crippen LogP contribution is -2.30. The summed E-state index contributed by atoms with van der Waals surface area (Å²) in [5, 5.41) is 15.3. The first kappa shape index (κ1) is 43.4. The van der Waals surface area contributed by atoms with Gasteiger partial charge in [-0.25, -0.2) is 0 Å². The van der Waals surface area contributed by atoms with Gasteiger partial charge in [-0.3, -0.25) is 0 Å². The minimum absolute atomic E-state index is 0.654. The molecule has 0 heteroatoms. The molecule has 0 spiro atoms. The van der Waals surface area contributed by atoms with Gasteiger partial charge in [0.15, 0.2) is 0 Å². The van der Waals surface area contributed by atoms with Crippen molar-refractivity contribution in [3.63, 3.8) is 0 Å². The largest absolute Gasteiger partial charge is 0.0714 e. The SMILES string of the molecule is c1ccc(-c2c3ccccc3c(-c3ccccc3)c3c2ccc2c4c(ccc23)C(c2ccccc2)(c2ccccc2)c2cc3c(cc2-4)C(c2ccccc2)(c2ccccc2)c2cc4ccc5cccc6ccc(c2-3)c4c56)cc1. The van der Waals surface area contributed by atoms with Crippen LogP contribution in [0, 0.1) is 0 Å². The zero-order valence-corrected chi connectivity index (χ0v) is 42.7. The van der Waals surface area contributed by atoms with E-state index in [1.807, 2.05) is 0 Å². The minimum atomic E-state index is -0.666. The maximum absolute atomic E-state index is 2.67. The first-order valence-electron chi connectivity index (χ1n) is 27.4. The van der Waals surface area contributed by atoms with E-state index in [2.05, 4.69) is 291 Å². The van der Waals surface area contributed by atoms with Gasteiger partial charge in [0.2, 0.25) is 0 Å². The monoisotopic (exact) mass is 984 g/mol. The molecule has 0 nitrogen and oxygen atoms in total. The molecular formula is C78H48. The van der Waals surface area contributed by atoms with Gasteiger partial charge in [-0.2, -0.15) is 0 Å². The Kier molecular flexibility index (Phi) is 9.07. The van der Waals surface area contributed by atoms with Crippen LogP contribution in [-0.4, -0.2) is 0 Å². The molecule has 0 bridgehead atoms. The summed E-state index contributed by atoms with van der Waals surface area (Å²) in [5.41, 5.74) is 19.1. The summed E-state index contributed by atoms with van der Waals surface area (Å²) in [4.78, 5) is 0. The van der Waals surface area contributed by atoms with Crippen molar-refractivity contribution in [1.29, 1.82) is 0 Å². The second kappa shape index (κ2) is 16.3. The molecule has 17 rings (SSSR count). The molecule has 0 atom stereocenters. The third-order valence-corrected chi connectivity index (χ3v) is 18.1. The van der Waals surface area contributed by atoms with Gasteiger partial charge < -0.3 is 0 Å². The lowest BCUT2D eigenvalue weighted by Gasteiger charge is -2.35. The molecule has 0 amide bonds. The summed E-state index contributed by atoms with van der Waals surface area (Å²) >= 11 is 0. The lowest BCUT2D eigenvalue weighted by molar-refractivity contribution is 0.759.